The van der Waals surface area contributed by atoms with Gasteiger partial charge in [-0.25, -0.2) is 0 Å². The molecule has 0 fully saturated rings. The molecule has 1 aliphatic heterocycles. The zero-order valence-corrected chi connectivity index (χ0v) is 37.3. The topological polar surface area (TPSA) is 44.7 Å². The monoisotopic (exact) mass is 826 g/mol. The van der Waals surface area contributed by atoms with Crippen molar-refractivity contribution in [2.75, 3.05) is 0 Å². The van der Waals surface area contributed by atoms with Crippen molar-refractivity contribution in [1.82, 2.24) is 0 Å². The molecule has 8 heteroatoms. The molecule has 1 atom stereocenters. The predicted octanol–water partition coefficient (Wildman–Crippen LogP) is 13.1. The average Bonchev–Trinajstić information content (AvgIpc) is 3.39. The molecule has 4 nitrogen and oxygen atoms in total. The second kappa shape index (κ2) is 14.2. The Morgan fingerprint density at radius 2 is 1.00 bits per heavy atom. The molecule has 0 saturated carbocycles. The smallest absolute Gasteiger partial charge is 0.453 e. The Labute approximate surface area is 343 Å². The van der Waals surface area contributed by atoms with E-state index in [1.54, 1.807) is 0 Å². The fraction of sp³-hybridized carbons (Fsp3) is 0.120. The van der Waals surface area contributed by atoms with Crippen LogP contribution in [0.4, 0.5) is 0 Å². The minimum atomic E-state index is -1.99. The van der Waals surface area contributed by atoms with Gasteiger partial charge in [-0.15, -0.1) is 0 Å². The van der Waals surface area contributed by atoms with Crippen molar-refractivity contribution in [3.8, 4) is 28.4 Å². The van der Waals surface area contributed by atoms with Crippen LogP contribution in [0.1, 0.15) is 0 Å². The Morgan fingerprint density at radius 3 is 1.64 bits per heavy atom. The summed E-state index contributed by atoms with van der Waals surface area (Å²) in [6.45, 7) is 14.4. The van der Waals surface area contributed by atoms with E-state index in [9.17, 15) is 0 Å². The zero-order chi connectivity index (χ0) is 39.8. The van der Waals surface area contributed by atoms with Gasteiger partial charge in [0.15, 0.2) is 0 Å². The first kappa shape index (κ1) is 36.9. The van der Waals surface area contributed by atoms with Crippen LogP contribution in [-0.2, 0) is 0 Å². The van der Waals surface area contributed by atoms with Gasteiger partial charge in [0, 0.05) is 26.9 Å². The summed E-state index contributed by atoms with van der Waals surface area (Å²) in [7, 11) is -6.91. The van der Waals surface area contributed by atoms with E-state index >= 15 is 0 Å². The van der Waals surface area contributed by atoms with Gasteiger partial charge < -0.3 is 17.7 Å². The van der Waals surface area contributed by atoms with Crippen molar-refractivity contribution in [2.45, 2.75) is 39.3 Å². The second-order valence-corrected chi connectivity index (χ2v) is 30.3. The SMILES string of the molecule is C[Si](C)(C)c1cc2ccccc2c2c1op(Oc1ccccc1-c1cccc3c1P(c1ccccc1)c1ccccc1O3)oc1c([Si](C)(C)C)cc3ccccc3c12. The van der Waals surface area contributed by atoms with E-state index < -0.39 is 32.3 Å². The lowest BCUT2D eigenvalue weighted by molar-refractivity contribution is 0.488. The fourth-order valence-electron chi connectivity index (χ4n) is 8.38. The molecule has 10 rings (SSSR count). The maximum Gasteiger partial charge on any atom is 0.453 e. The third kappa shape index (κ3) is 6.31. The van der Waals surface area contributed by atoms with Crippen LogP contribution in [0.25, 0.3) is 54.6 Å². The van der Waals surface area contributed by atoms with E-state index in [2.05, 4.69) is 185 Å². The van der Waals surface area contributed by atoms with Crippen molar-refractivity contribution in [3.63, 3.8) is 0 Å². The Kier molecular flexibility index (Phi) is 9.03. The molecule has 1 aromatic heterocycles. The van der Waals surface area contributed by atoms with E-state index in [0.29, 0.717) is 5.75 Å². The van der Waals surface area contributed by atoms with E-state index in [0.717, 1.165) is 55.3 Å². The Bertz CT molecular complexity index is 2990. The molecular formula is C50H44O4P2Si2. The van der Waals surface area contributed by atoms with Crippen molar-refractivity contribution >= 4 is 102 Å². The van der Waals surface area contributed by atoms with Crippen LogP contribution >= 0.6 is 16.2 Å². The van der Waals surface area contributed by atoms with Crippen LogP contribution in [0.3, 0.4) is 0 Å². The molecule has 9 aromatic rings. The van der Waals surface area contributed by atoms with Gasteiger partial charge in [0.25, 0.3) is 0 Å². The van der Waals surface area contributed by atoms with Crippen LogP contribution in [0, 0.1) is 0 Å². The van der Waals surface area contributed by atoms with Crippen molar-refractivity contribution in [2.24, 2.45) is 0 Å². The van der Waals surface area contributed by atoms with Gasteiger partial charge in [0.2, 0.25) is 0 Å². The highest BCUT2D eigenvalue weighted by atomic mass is 31.1. The highest BCUT2D eigenvalue weighted by Gasteiger charge is 2.33. The lowest BCUT2D eigenvalue weighted by atomic mass is 9.98. The molecule has 286 valence electrons. The Balaban J connectivity index is 1.27. The van der Waals surface area contributed by atoms with Crippen LogP contribution < -0.4 is 35.5 Å². The summed E-state index contributed by atoms with van der Waals surface area (Å²) in [6.07, 6.45) is 0. The molecule has 58 heavy (non-hydrogen) atoms. The van der Waals surface area contributed by atoms with Crippen LogP contribution in [-0.4, -0.2) is 16.1 Å². The van der Waals surface area contributed by atoms with Crippen molar-refractivity contribution in [3.05, 3.63) is 158 Å². The van der Waals surface area contributed by atoms with E-state index in [1.165, 1.54) is 37.1 Å². The van der Waals surface area contributed by atoms with E-state index in [-0.39, 0.29) is 0 Å². The number of para-hydroxylation sites is 2. The molecule has 0 N–H and O–H groups in total. The summed E-state index contributed by atoms with van der Waals surface area (Å²) in [5, 5.41) is 13.1. The average molecular weight is 827 g/mol. The molecular weight excluding hydrogens is 783 g/mol. The standard InChI is InChI=1S/C50H44O4P2Si2/c1-57(2,3)44-31-33-19-10-12-23-36(33)46-47-37-24-13-11-20-34(37)32-45(58(4,5)6)49(47)54-56(53-48(44)46)52-40-27-15-14-25-38(40)39-26-18-29-42-50(39)55(35-21-8-7-9-22-35)43-30-17-16-28-41(43)51-42/h7-32H,1-6H3. The van der Waals surface area contributed by atoms with Gasteiger partial charge in [0.1, 0.15) is 28.4 Å². The number of hydrogen-bond acceptors (Lipinski definition) is 4. The molecule has 0 amide bonds. The molecule has 0 aliphatic carbocycles. The molecule has 0 spiro atoms. The minimum absolute atomic E-state index is 0.708. The summed E-state index contributed by atoms with van der Waals surface area (Å²) >= 11 is 0. The predicted molar refractivity (Wildman–Crippen MR) is 254 cm³/mol. The van der Waals surface area contributed by atoms with Crippen LogP contribution in [0.15, 0.2) is 166 Å². The highest BCUT2D eigenvalue weighted by molar-refractivity contribution is 7.80. The summed E-state index contributed by atoms with van der Waals surface area (Å²) in [5.74, 6) is 2.48. The fourth-order valence-corrected chi connectivity index (χ4v) is 15.1. The number of hydrogen-bond donors (Lipinski definition) is 0. The Hall–Kier alpha value is -5.36. The summed E-state index contributed by atoms with van der Waals surface area (Å²) in [4.78, 5) is 0. The zero-order valence-electron chi connectivity index (χ0n) is 33.5. The lowest BCUT2D eigenvalue weighted by Gasteiger charge is -2.31. The molecule has 2 heterocycles. The summed E-state index contributed by atoms with van der Waals surface area (Å²) < 4.78 is 28.5. The quantitative estimate of drug-likeness (QED) is 0.124. The first-order valence-electron chi connectivity index (χ1n) is 19.9. The van der Waals surface area contributed by atoms with Crippen molar-refractivity contribution in [1.29, 1.82) is 0 Å². The van der Waals surface area contributed by atoms with Gasteiger partial charge in [-0.05, 0) is 68.9 Å². The van der Waals surface area contributed by atoms with Gasteiger partial charge in [-0.1, -0.05) is 179 Å². The summed E-state index contributed by atoms with van der Waals surface area (Å²) in [5.41, 5.74) is 3.81. The van der Waals surface area contributed by atoms with Crippen molar-refractivity contribution < 1.29 is 17.7 Å². The first-order valence-corrected chi connectivity index (χ1v) is 29.3. The maximum absolute atomic E-state index is 7.32. The largest absolute Gasteiger partial charge is 0.456 e. The van der Waals surface area contributed by atoms with Gasteiger partial charge in [-0.3, -0.25) is 0 Å². The number of fused-ring (bicyclic) bond motifs is 9. The number of ether oxygens (including phenoxy) is 1. The third-order valence-electron chi connectivity index (χ3n) is 11.1. The van der Waals surface area contributed by atoms with Crippen LogP contribution in [0.2, 0.25) is 39.3 Å². The molecule has 0 radical (unpaired) electrons. The lowest BCUT2D eigenvalue weighted by Crippen LogP contribution is -2.38. The Morgan fingerprint density at radius 1 is 0.483 bits per heavy atom. The molecule has 1 aliphatic rings. The molecule has 1 unspecified atom stereocenters. The van der Waals surface area contributed by atoms with E-state index in [4.69, 9.17) is 17.7 Å². The minimum Gasteiger partial charge on any atom is -0.456 e. The second-order valence-electron chi connectivity index (χ2n) is 17.1. The molecule has 0 bridgehead atoms. The van der Waals surface area contributed by atoms with Gasteiger partial charge in [-0.2, -0.15) is 0 Å². The maximum atomic E-state index is 7.32. The van der Waals surface area contributed by atoms with E-state index in [1.807, 2.05) is 12.1 Å². The number of rotatable bonds is 6. The van der Waals surface area contributed by atoms with Crippen LogP contribution in [0.5, 0.6) is 17.2 Å². The normalized spacial score (nSPS) is 14.0. The van der Waals surface area contributed by atoms with Gasteiger partial charge >= 0.3 is 8.24 Å². The third-order valence-corrected chi connectivity index (χ3v) is 18.7. The van der Waals surface area contributed by atoms with Gasteiger partial charge in [0.05, 0.1) is 16.1 Å². The highest BCUT2D eigenvalue weighted by Crippen LogP contribution is 2.50. The number of benzene rings is 8. The molecule has 0 saturated heterocycles. The first-order chi connectivity index (χ1) is 28.0. The summed E-state index contributed by atoms with van der Waals surface area (Å²) in [6, 6.07) is 56.2. The molecule has 8 aromatic carbocycles.